The molecule has 0 fully saturated rings. The summed E-state index contributed by atoms with van der Waals surface area (Å²) in [6.07, 6.45) is 1.54. The molecule has 1 N–H and O–H groups in total. The molecule has 0 unspecified atom stereocenters. The number of rotatable bonds is 6. The van der Waals surface area contributed by atoms with Crippen LogP contribution in [0, 0.1) is 13.8 Å². The molecule has 0 aliphatic carbocycles. The molecule has 2 aromatic rings. The smallest absolute Gasteiger partial charge is 0.262 e. The fraction of sp³-hybridized carbons (Fsp3) is 0.368. The van der Waals surface area contributed by atoms with Crippen molar-refractivity contribution in [1.29, 1.82) is 0 Å². The monoisotopic (exact) mass is 347 g/mol. The lowest BCUT2D eigenvalue weighted by Gasteiger charge is -2.18. The Hall–Kier alpha value is -2.01. The van der Waals surface area contributed by atoms with Crippen LogP contribution in [0.2, 0.25) is 0 Å². The summed E-state index contributed by atoms with van der Waals surface area (Å²) >= 11 is 0. The van der Waals surface area contributed by atoms with Gasteiger partial charge in [0.05, 0.1) is 17.7 Å². The first-order valence-corrected chi connectivity index (χ1v) is 9.61. The van der Waals surface area contributed by atoms with E-state index in [1.54, 1.807) is 33.1 Å². The van der Waals surface area contributed by atoms with Crippen LogP contribution in [0.1, 0.15) is 36.1 Å². The number of methoxy groups -OCH3 is 1. The van der Waals surface area contributed by atoms with E-state index in [0.29, 0.717) is 27.5 Å². The minimum absolute atomic E-state index is 0.316. The van der Waals surface area contributed by atoms with Gasteiger partial charge in [0.1, 0.15) is 5.75 Å². The largest absolute Gasteiger partial charge is 0.497 e. The summed E-state index contributed by atoms with van der Waals surface area (Å²) in [7, 11) is -2.10. The van der Waals surface area contributed by atoms with E-state index < -0.39 is 10.0 Å². The molecule has 0 aliphatic heterocycles. The number of aryl methyl sites for hydroxylation is 4. The first-order chi connectivity index (χ1) is 11.3. The van der Waals surface area contributed by atoms with Crippen LogP contribution >= 0.6 is 0 Å². The molecule has 0 saturated carbocycles. The molecule has 0 spiro atoms. The number of sulfonamides is 1. The molecule has 0 amide bonds. The molecular formula is C19H25NO3S. The first kappa shape index (κ1) is 18.3. The van der Waals surface area contributed by atoms with E-state index in [4.69, 9.17) is 4.74 Å². The van der Waals surface area contributed by atoms with E-state index >= 15 is 0 Å². The van der Waals surface area contributed by atoms with Crippen LogP contribution < -0.4 is 9.46 Å². The van der Waals surface area contributed by atoms with Gasteiger partial charge in [-0.1, -0.05) is 32.0 Å². The van der Waals surface area contributed by atoms with E-state index in [-0.39, 0.29) is 0 Å². The van der Waals surface area contributed by atoms with Gasteiger partial charge >= 0.3 is 0 Å². The van der Waals surface area contributed by atoms with Gasteiger partial charge in [-0.15, -0.1) is 0 Å². The highest BCUT2D eigenvalue weighted by Gasteiger charge is 2.22. The van der Waals surface area contributed by atoms with Gasteiger partial charge in [0.15, 0.2) is 0 Å². The third kappa shape index (κ3) is 3.56. The van der Waals surface area contributed by atoms with Gasteiger partial charge < -0.3 is 4.74 Å². The Balaban J connectivity index is 2.55. The topological polar surface area (TPSA) is 55.4 Å². The lowest BCUT2D eigenvalue weighted by atomic mass is 10.0. The van der Waals surface area contributed by atoms with E-state index in [9.17, 15) is 8.42 Å². The molecule has 130 valence electrons. The highest BCUT2D eigenvalue weighted by atomic mass is 32.2. The molecule has 0 saturated heterocycles. The highest BCUT2D eigenvalue weighted by Crippen LogP contribution is 2.30. The van der Waals surface area contributed by atoms with Gasteiger partial charge in [0.25, 0.3) is 10.0 Å². The Kier molecular flexibility index (Phi) is 5.54. The summed E-state index contributed by atoms with van der Waals surface area (Å²) in [6, 6.07) is 9.39. The van der Waals surface area contributed by atoms with Crippen molar-refractivity contribution in [2.45, 2.75) is 45.4 Å². The Morgan fingerprint density at radius 1 is 1.00 bits per heavy atom. The average Bonchev–Trinajstić information content (AvgIpc) is 2.53. The Morgan fingerprint density at radius 3 is 1.92 bits per heavy atom. The number of benzene rings is 2. The molecule has 0 radical (unpaired) electrons. The van der Waals surface area contributed by atoms with Crippen molar-refractivity contribution in [2.75, 3.05) is 11.8 Å². The zero-order valence-corrected chi connectivity index (χ0v) is 15.8. The molecule has 0 heterocycles. The molecule has 4 nitrogen and oxygen atoms in total. The van der Waals surface area contributed by atoms with E-state index in [1.165, 1.54) is 0 Å². The Labute approximate surface area is 144 Å². The number of ether oxygens (including phenoxy) is 1. The molecule has 0 aliphatic rings. The van der Waals surface area contributed by atoms with Gasteiger partial charge in [-0.05, 0) is 61.1 Å². The van der Waals surface area contributed by atoms with Crippen molar-refractivity contribution in [3.63, 3.8) is 0 Å². The van der Waals surface area contributed by atoms with Gasteiger partial charge in [-0.2, -0.15) is 0 Å². The molecule has 2 rings (SSSR count). The predicted molar refractivity (Wildman–Crippen MR) is 98.5 cm³/mol. The van der Waals surface area contributed by atoms with Crippen LogP contribution in [0.15, 0.2) is 35.2 Å². The van der Waals surface area contributed by atoms with Crippen LogP contribution in [-0.2, 0) is 22.9 Å². The second-order valence-corrected chi connectivity index (χ2v) is 7.47. The lowest BCUT2D eigenvalue weighted by molar-refractivity contribution is 0.413. The maximum Gasteiger partial charge on any atom is 0.262 e. The standard InChI is InChI=1S/C19H25NO3S/c1-6-15-9-8-10-16(7-2)18(15)20-24(21,22)19-13(3)11-17(23-5)12-14(19)4/h8-12,20H,6-7H2,1-5H3. The van der Waals surface area contributed by atoms with Crippen molar-refractivity contribution >= 4 is 15.7 Å². The van der Waals surface area contributed by atoms with Crippen LogP contribution in [-0.4, -0.2) is 15.5 Å². The van der Waals surface area contributed by atoms with Crippen molar-refractivity contribution in [3.05, 3.63) is 52.6 Å². The summed E-state index contributed by atoms with van der Waals surface area (Å²) in [5, 5.41) is 0. The second-order valence-electron chi connectivity index (χ2n) is 5.85. The zero-order chi connectivity index (χ0) is 17.9. The molecule has 0 bridgehead atoms. The maximum atomic E-state index is 13.0. The lowest BCUT2D eigenvalue weighted by Crippen LogP contribution is -2.18. The van der Waals surface area contributed by atoms with Gasteiger partial charge in [-0.3, -0.25) is 4.72 Å². The van der Waals surface area contributed by atoms with Crippen LogP contribution in [0.4, 0.5) is 5.69 Å². The molecule has 0 aromatic heterocycles. The fourth-order valence-corrected chi connectivity index (χ4v) is 4.61. The predicted octanol–water partition coefficient (Wildman–Crippen LogP) is 4.24. The minimum Gasteiger partial charge on any atom is -0.497 e. The fourth-order valence-electron chi connectivity index (χ4n) is 3.01. The van der Waals surface area contributed by atoms with Crippen LogP contribution in [0.3, 0.4) is 0 Å². The van der Waals surface area contributed by atoms with Gasteiger partial charge in [0.2, 0.25) is 0 Å². The summed E-state index contributed by atoms with van der Waals surface area (Å²) in [4.78, 5) is 0.316. The van der Waals surface area contributed by atoms with Crippen molar-refractivity contribution < 1.29 is 13.2 Å². The number of para-hydroxylation sites is 1. The quantitative estimate of drug-likeness (QED) is 0.850. The van der Waals surface area contributed by atoms with Gasteiger partial charge in [0, 0.05) is 0 Å². The number of anilines is 1. The summed E-state index contributed by atoms with van der Waals surface area (Å²) in [5.74, 6) is 0.659. The molecule has 5 heteroatoms. The zero-order valence-electron chi connectivity index (χ0n) is 14.9. The average molecular weight is 347 g/mol. The van der Waals surface area contributed by atoms with Crippen LogP contribution in [0.5, 0.6) is 5.75 Å². The summed E-state index contributed by atoms with van der Waals surface area (Å²) in [5.41, 5.74) is 4.05. The number of nitrogens with one attached hydrogen (secondary N) is 1. The summed E-state index contributed by atoms with van der Waals surface area (Å²) < 4.78 is 34.1. The highest BCUT2D eigenvalue weighted by molar-refractivity contribution is 7.92. The molecule has 0 atom stereocenters. The molecular weight excluding hydrogens is 322 g/mol. The minimum atomic E-state index is -3.67. The SMILES string of the molecule is CCc1cccc(CC)c1NS(=O)(=O)c1c(C)cc(OC)cc1C. The van der Waals surface area contributed by atoms with E-state index in [2.05, 4.69) is 4.72 Å². The third-order valence-electron chi connectivity index (χ3n) is 4.17. The summed E-state index contributed by atoms with van der Waals surface area (Å²) in [6.45, 7) is 7.62. The van der Waals surface area contributed by atoms with E-state index in [1.807, 2.05) is 32.0 Å². The first-order valence-electron chi connectivity index (χ1n) is 8.12. The van der Waals surface area contributed by atoms with Crippen molar-refractivity contribution in [3.8, 4) is 5.75 Å². The third-order valence-corrected chi connectivity index (χ3v) is 5.83. The Bertz CT molecular complexity index is 796. The van der Waals surface area contributed by atoms with Crippen LogP contribution in [0.25, 0.3) is 0 Å². The van der Waals surface area contributed by atoms with E-state index in [0.717, 1.165) is 24.0 Å². The number of hydrogen-bond donors (Lipinski definition) is 1. The van der Waals surface area contributed by atoms with Crippen molar-refractivity contribution in [1.82, 2.24) is 0 Å². The Morgan fingerprint density at radius 2 is 1.50 bits per heavy atom. The molecule has 2 aromatic carbocycles. The number of hydrogen-bond acceptors (Lipinski definition) is 3. The maximum absolute atomic E-state index is 13.0. The van der Waals surface area contributed by atoms with Crippen molar-refractivity contribution in [2.24, 2.45) is 0 Å². The second kappa shape index (κ2) is 7.26. The molecule has 24 heavy (non-hydrogen) atoms. The normalized spacial score (nSPS) is 11.4. The van der Waals surface area contributed by atoms with Gasteiger partial charge in [-0.25, -0.2) is 8.42 Å².